The lowest BCUT2D eigenvalue weighted by Crippen LogP contribution is -2.11. The molecule has 0 spiro atoms. The molecule has 0 saturated heterocycles. The number of hydrogen-bond donors (Lipinski definition) is 2. The van der Waals surface area contributed by atoms with Gasteiger partial charge in [0.25, 0.3) is 0 Å². The van der Waals surface area contributed by atoms with E-state index in [2.05, 4.69) is 15.4 Å². The lowest BCUT2D eigenvalue weighted by molar-refractivity contribution is 0.303. The zero-order valence-corrected chi connectivity index (χ0v) is 7.87. The zero-order valence-electron chi connectivity index (χ0n) is 7.87. The minimum absolute atomic E-state index is 0.372. The van der Waals surface area contributed by atoms with E-state index in [-0.39, 0.29) is 0 Å². The third-order valence-electron chi connectivity index (χ3n) is 1.50. The highest BCUT2D eigenvalue weighted by atomic mass is 16.5. The summed E-state index contributed by atoms with van der Waals surface area (Å²) in [5.41, 5.74) is 3.28. The van der Waals surface area contributed by atoms with E-state index in [0.717, 1.165) is 12.0 Å². The summed E-state index contributed by atoms with van der Waals surface area (Å²) in [6, 6.07) is 0. The van der Waals surface area contributed by atoms with Gasteiger partial charge in [-0.05, 0) is 13.3 Å². The molecule has 0 aromatic carbocycles. The van der Waals surface area contributed by atoms with Crippen molar-refractivity contribution in [1.82, 2.24) is 9.97 Å². The first-order valence-corrected chi connectivity index (χ1v) is 4.21. The molecule has 5 heteroatoms. The van der Waals surface area contributed by atoms with Crippen LogP contribution in [0.2, 0.25) is 0 Å². The van der Waals surface area contributed by atoms with E-state index in [0.29, 0.717) is 18.4 Å². The highest BCUT2D eigenvalue weighted by molar-refractivity contribution is 5.31. The number of aryl methyl sites for hydroxylation is 1. The molecule has 0 radical (unpaired) electrons. The first kappa shape index (κ1) is 9.73. The van der Waals surface area contributed by atoms with Crippen LogP contribution in [0.1, 0.15) is 18.9 Å². The van der Waals surface area contributed by atoms with E-state index in [1.165, 1.54) is 0 Å². The molecule has 0 aliphatic heterocycles. The number of nitrogens with two attached hydrogens (primary N) is 1. The van der Waals surface area contributed by atoms with Crippen LogP contribution in [0, 0.1) is 6.92 Å². The fourth-order valence-corrected chi connectivity index (χ4v) is 0.841. The second-order valence-corrected chi connectivity index (χ2v) is 2.67. The molecule has 0 bridgehead atoms. The van der Waals surface area contributed by atoms with E-state index in [1.54, 1.807) is 6.20 Å². The number of hydrazine groups is 1. The third-order valence-corrected chi connectivity index (χ3v) is 1.50. The summed E-state index contributed by atoms with van der Waals surface area (Å²) in [7, 11) is 0. The monoisotopic (exact) mass is 182 g/mol. The topological polar surface area (TPSA) is 73.1 Å². The van der Waals surface area contributed by atoms with Crippen molar-refractivity contribution < 1.29 is 4.74 Å². The van der Waals surface area contributed by atoms with Gasteiger partial charge >= 0.3 is 0 Å². The van der Waals surface area contributed by atoms with Gasteiger partial charge < -0.3 is 4.74 Å². The van der Waals surface area contributed by atoms with Gasteiger partial charge in [0.05, 0.1) is 6.61 Å². The molecule has 0 fully saturated rings. The maximum Gasteiger partial charge on any atom is 0.240 e. The molecule has 0 amide bonds. The Morgan fingerprint density at radius 1 is 1.62 bits per heavy atom. The van der Waals surface area contributed by atoms with Gasteiger partial charge in [0.15, 0.2) is 0 Å². The number of rotatable bonds is 4. The van der Waals surface area contributed by atoms with Gasteiger partial charge in [-0.3, -0.25) is 5.43 Å². The molecule has 5 nitrogen and oxygen atoms in total. The molecular weight excluding hydrogens is 168 g/mol. The molecule has 0 saturated carbocycles. The van der Waals surface area contributed by atoms with Gasteiger partial charge in [0, 0.05) is 11.8 Å². The molecule has 3 N–H and O–H groups in total. The van der Waals surface area contributed by atoms with Gasteiger partial charge in [0.2, 0.25) is 11.8 Å². The SMILES string of the molecule is CCCOc1nc(NN)ncc1C. The average Bonchev–Trinajstić information content (AvgIpc) is 2.17. The predicted octanol–water partition coefficient (Wildman–Crippen LogP) is 0.859. The Balaban J connectivity index is 2.78. The van der Waals surface area contributed by atoms with Crippen molar-refractivity contribution in [3.8, 4) is 5.88 Å². The van der Waals surface area contributed by atoms with E-state index < -0.39 is 0 Å². The Morgan fingerprint density at radius 3 is 3.00 bits per heavy atom. The summed E-state index contributed by atoms with van der Waals surface area (Å²) < 4.78 is 5.38. The van der Waals surface area contributed by atoms with Crippen molar-refractivity contribution in [2.75, 3.05) is 12.0 Å². The van der Waals surface area contributed by atoms with Crippen molar-refractivity contribution in [2.45, 2.75) is 20.3 Å². The number of anilines is 1. The second-order valence-electron chi connectivity index (χ2n) is 2.67. The van der Waals surface area contributed by atoms with E-state index in [9.17, 15) is 0 Å². The molecule has 0 aliphatic carbocycles. The van der Waals surface area contributed by atoms with Crippen molar-refractivity contribution in [3.05, 3.63) is 11.8 Å². The molecule has 1 heterocycles. The quantitative estimate of drug-likeness (QED) is 0.533. The van der Waals surface area contributed by atoms with Gasteiger partial charge in [-0.15, -0.1) is 0 Å². The van der Waals surface area contributed by atoms with Gasteiger partial charge in [-0.2, -0.15) is 4.98 Å². The molecule has 13 heavy (non-hydrogen) atoms. The van der Waals surface area contributed by atoms with Crippen LogP contribution in [0.15, 0.2) is 6.20 Å². The van der Waals surface area contributed by atoms with Crippen LogP contribution in [-0.2, 0) is 0 Å². The fraction of sp³-hybridized carbons (Fsp3) is 0.500. The number of ether oxygens (including phenoxy) is 1. The number of hydrogen-bond acceptors (Lipinski definition) is 5. The summed E-state index contributed by atoms with van der Waals surface area (Å²) in [4.78, 5) is 8.00. The van der Waals surface area contributed by atoms with Crippen LogP contribution in [0.3, 0.4) is 0 Å². The Labute approximate surface area is 77.3 Å². The molecular formula is C8H14N4O. The van der Waals surface area contributed by atoms with Crippen LogP contribution < -0.4 is 16.0 Å². The first-order valence-electron chi connectivity index (χ1n) is 4.21. The molecule has 1 aromatic heterocycles. The van der Waals surface area contributed by atoms with Gasteiger partial charge in [-0.25, -0.2) is 10.8 Å². The minimum Gasteiger partial charge on any atom is -0.477 e. The molecule has 1 aromatic rings. The Kier molecular flexibility index (Phi) is 3.45. The third kappa shape index (κ3) is 2.55. The van der Waals surface area contributed by atoms with Crippen LogP contribution >= 0.6 is 0 Å². The first-order chi connectivity index (χ1) is 6.27. The van der Waals surface area contributed by atoms with Crippen molar-refractivity contribution in [1.29, 1.82) is 0 Å². The summed E-state index contributed by atoms with van der Waals surface area (Å²) in [5.74, 6) is 6.13. The Bertz CT molecular complexity index is 277. The highest BCUT2D eigenvalue weighted by Gasteiger charge is 2.02. The Hall–Kier alpha value is -1.36. The van der Waals surface area contributed by atoms with E-state index in [1.807, 2.05) is 13.8 Å². The minimum atomic E-state index is 0.372. The molecule has 0 unspecified atom stereocenters. The van der Waals surface area contributed by atoms with Gasteiger partial charge in [-0.1, -0.05) is 6.92 Å². The number of nitrogens with one attached hydrogen (secondary N) is 1. The van der Waals surface area contributed by atoms with Crippen LogP contribution in [0.25, 0.3) is 0 Å². The van der Waals surface area contributed by atoms with Crippen molar-refractivity contribution in [3.63, 3.8) is 0 Å². The number of nitrogen functional groups attached to an aromatic ring is 1. The molecule has 72 valence electrons. The highest BCUT2D eigenvalue weighted by Crippen LogP contribution is 2.14. The smallest absolute Gasteiger partial charge is 0.240 e. The van der Waals surface area contributed by atoms with Crippen molar-refractivity contribution in [2.24, 2.45) is 5.84 Å². The molecule has 1 rings (SSSR count). The molecule has 0 atom stereocenters. The predicted molar refractivity (Wildman–Crippen MR) is 50.4 cm³/mol. The Morgan fingerprint density at radius 2 is 2.38 bits per heavy atom. The summed E-state index contributed by atoms with van der Waals surface area (Å²) in [6.45, 7) is 4.59. The summed E-state index contributed by atoms with van der Waals surface area (Å²) in [5, 5.41) is 0. The van der Waals surface area contributed by atoms with E-state index >= 15 is 0 Å². The van der Waals surface area contributed by atoms with Crippen molar-refractivity contribution >= 4 is 5.95 Å². The average molecular weight is 182 g/mol. The van der Waals surface area contributed by atoms with Crippen LogP contribution in [-0.4, -0.2) is 16.6 Å². The maximum atomic E-state index is 5.38. The van der Waals surface area contributed by atoms with E-state index in [4.69, 9.17) is 10.6 Å². The standard InChI is InChI=1S/C8H14N4O/c1-3-4-13-7-6(2)5-10-8(11-7)12-9/h5H,3-4,9H2,1-2H3,(H,10,11,12). The maximum absolute atomic E-state index is 5.38. The number of aromatic nitrogens is 2. The van der Waals surface area contributed by atoms with Crippen LogP contribution in [0.4, 0.5) is 5.95 Å². The molecule has 0 aliphatic rings. The zero-order chi connectivity index (χ0) is 9.68. The largest absolute Gasteiger partial charge is 0.477 e. The summed E-state index contributed by atoms with van der Waals surface area (Å²) >= 11 is 0. The lowest BCUT2D eigenvalue weighted by atomic mass is 10.4. The van der Waals surface area contributed by atoms with Crippen LogP contribution in [0.5, 0.6) is 5.88 Å². The fourth-order valence-electron chi connectivity index (χ4n) is 0.841. The number of nitrogens with zero attached hydrogens (tertiary/aromatic N) is 2. The normalized spacial score (nSPS) is 9.77. The second kappa shape index (κ2) is 4.61. The van der Waals surface area contributed by atoms with Gasteiger partial charge in [0.1, 0.15) is 0 Å². The summed E-state index contributed by atoms with van der Waals surface area (Å²) in [6.07, 6.45) is 2.63. The lowest BCUT2D eigenvalue weighted by Gasteiger charge is -2.07.